The van der Waals surface area contributed by atoms with Crippen LogP contribution in [0, 0.1) is 12.8 Å². The predicted octanol–water partition coefficient (Wildman–Crippen LogP) is 3.63. The van der Waals surface area contributed by atoms with Gasteiger partial charge in [0.25, 0.3) is 0 Å². The minimum absolute atomic E-state index is 0.273. The molecule has 0 aromatic carbocycles. The number of hydrogen-bond acceptors (Lipinski definition) is 6. The number of nitrogens with zero attached hydrogens (tertiary/aromatic N) is 2. The average Bonchev–Trinajstić information content (AvgIpc) is 2.80. The molecule has 6 heteroatoms. The van der Waals surface area contributed by atoms with Gasteiger partial charge in [0.05, 0.1) is 12.0 Å². The molecule has 0 unspecified atom stereocenters. The van der Waals surface area contributed by atoms with Crippen molar-refractivity contribution in [1.29, 1.82) is 0 Å². The van der Waals surface area contributed by atoms with Crippen molar-refractivity contribution in [3.63, 3.8) is 0 Å². The van der Waals surface area contributed by atoms with Gasteiger partial charge in [-0.15, -0.1) is 11.3 Å². The van der Waals surface area contributed by atoms with E-state index in [1.165, 1.54) is 17.7 Å². The van der Waals surface area contributed by atoms with Gasteiger partial charge in [0.2, 0.25) is 0 Å². The number of rotatable bonds is 6. The second-order valence-electron chi connectivity index (χ2n) is 5.38. The van der Waals surface area contributed by atoms with Crippen molar-refractivity contribution in [3.8, 4) is 0 Å². The molecule has 0 fully saturated rings. The zero-order valence-electron chi connectivity index (χ0n) is 12.9. The number of nitrogens with one attached hydrogen (secondary N) is 1. The number of carbonyl (C=O) groups excluding carboxylic acids is 1. The van der Waals surface area contributed by atoms with Crippen LogP contribution in [0.3, 0.4) is 0 Å². The molecule has 0 aliphatic carbocycles. The number of esters is 1. The van der Waals surface area contributed by atoms with Gasteiger partial charge in [-0.3, -0.25) is 0 Å². The monoisotopic (exact) mass is 307 g/mol. The maximum absolute atomic E-state index is 12.2. The van der Waals surface area contributed by atoms with Crippen molar-refractivity contribution in [3.05, 3.63) is 16.8 Å². The summed E-state index contributed by atoms with van der Waals surface area (Å²) in [6.45, 7) is 9.33. The third kappa shape index (κ3) is 3.50. The van der Waals surface area contributed by atoms with Crippen LogP contribution in [0.2, 0.25) is 0 Å². The summed E-state index contributed by atoms with van der Waals surface area (Å²) >= 11 is 1.37. The fourth-order valence-electron chi connectivity index (χ4n) is 1.95. The fourth-order valence-corrected chi connectivity index (χ4v) is 2.99. The molecule has 0 aliphatic rings. The molecule has 0 amide bonds. The molecule has 2 aromatic heterocycles. The lowest BCUT2D eigenvalue weighted by molar-refractivity contribution is 0.0464. The Morgan fingerprint density at radius 1 is 1.43 bits per heavy atom. The van der Waals surface area contributed by atoms with Crippen molar-refractivity contribution < 1.29 is 9.53 Å². The minimum Gasteiger partial charge on any atom is -0.461 e. The van der Waals surface area contributed by atoms with E-state index in [2.05, 4.69) is 22.2 Å². The molecule has 114 valence electrons. The van der Waals surface area contributed by atoms with Crippen LogP contribution in [0.1, 0.15) is 42.4 Å². The predicted molar refractivity (Wildman–Crippen MR) is 86.1 cm³/mol. The molecular formula is C15H21N3O2S. The number of carbonyl (C=O) groups is 1. The van der Waals surface area contributed by atoms with Crippen molar-refractivity contribution in [1.82, 2.24) is 9.97 Å². The Labute approximate surface area is 128 Å². The molecule has 0 radical (unpaired) electrons. The van der Waals surface area contributed by atoms with E-state index < -0.39 is 0 Å². The fraction of sp³-hybridized carbons (Fsp3) is 0.533. The average molecular weight is 307 g/mol. The molecule has 21 heavy (non-hydrogen) atoms. The van der Waals surface area contributed by atoms with E-state index in [1.54, 1.807) is 0 Å². The van der Waals surface area contributed by atoms with E-state index >= 15 is 0 Å². The summed E-state index contributed by atoms with van der Waals surface area (Å²) in [5, 5.41) is 4.21. The van der Waals surface area contributed by atoms with E-state index in [0.29, 0.717) is 17.4 Å². The summed E-state index contributed by atoms with van der Waals surface area (Å²) in [5.74, 6) is 0.842. The standard InChI is InChI=1S/C15H21N3O2S/c1-5-6-16-13-11-10(4)12(15(19)20-7-9(2)3)21-14(11)18-8-17-13/h8-9H,5-7H2,1-4H3,(H,16,17,18). The van der Waals surface area contributed by atoms with Crippen LogP contribution in [0.5, 0.6) is 0 Å². The summed E-state index contributed by atoms with van der Waals surface area (Å²) in [6, 6.07) is 0. The lowest BCUT2D eigenvalue weighted by Crippen LogP contribution is -2.09. The third-order valence-corrected chi connectivity index (χ3v) is 4.18. The molecule has 0 atom stereocenters. The maximum Gasteiger partial charge on any atom is 0.348 e. The highest BCUT2D eigenvalue weighted by molar-refractivity contribution is 7.20. The quantitative estimate of drug-likeness (QED) is 0.826. The first-order valence-corrected chi connectivity index (χ1v) is 8.01. The Hall–Kier alpha value is -1.69. The van der Waals surface area contributed by atoms with Crippen molar-refractivity contribution >= 4 is 33.3 Å². The summed E-state index contributed by atoms with van der Waals surface area (Å²) in [4.78, 5) is 22.2. The van der Waals surface area contributed by atoms with Gasteiger partial charge >= 0.3 is 5.97 Å². The molecule has 0 saturated heterocycles. The number of ether oxygens (including phenoxy) is 1. The zero-order valence-corrected chi connectivity index (χ0v) is 13.7. The number of hydrogen-bond donors (Lipinski definition) is 1. The van der Waals surface area contributed by atoms with Crippen LogP contribution in [-0.4, -0.2) is 29.1 Å². The minimum atomic E-state index is -0.273. The van der Waals surface area contributed by atoms with Gasteiger partial charge in [-0.05, 0) is 24.8 Å². The van der Waals surface area contributed by atoms with Gasteiger partial charge in [0, 0.05) is 6.54 Å². The summed E-state index contributed by atoms with van der Waals surface area (Å²) in [6.07, 6.45) is 2.54. The maximum atomic E-state index is 12.2. The summed E-state index contributed by atoms with van der Waals surface area (Å²) in [7, 11) is 0. The van der Waals surface area contributed by atoms with Gasteiger partial charge in [-0.1, -0.05) is 20.8 Å². The van der Waals surface area contributed by atoms with Crippen molar-refractivity contribution in [2.45, 2.75) is 34.1 Å². The van der Waals surface area contributed by atoms with Gasteiger partial charge in [0.1, 0.15) is 21.9 Å². The molecule has 2 aromatic rings. The second-order valence-corrected chi connectivity index (χ2v) is 6.38. The van der Waals surface area contributed by atoms with Gasteiger partial charge in [0.15, 0.2) is 0 Å². The normalized spacial score (nSPS) is 11.1. The van der Waals surface area contributed by atoms with Crippen molar-refractivity contribution in [2.75, 3.05) is 18.5 Å². The second kappa shape index (κ2) is 6.85. The molecule has 0 spiro atoms. The Bertz CT molecular complexity index is 637. The summed E-state index contributed by atoms with van der Waals surface area (Å²) < 4.78 is 5.32. The number of aryl methyl sites for hydroxylation is 1. The van der Waals surface area contributed by atoms with E-state index in [9.17, 15) is 4.79 Å². The topological polar surface area (TPSA) is 64.1 Å². The highest BCUT2D eigenvalue weighted by Crippen LogP contribution is 2.33. The van der Waals surface area contributed by atoms with E-state index in [4.69, 9.17) is 4.74 Å². The third-order valence-electron chi connectivity index (χ3n) is 3.00. The van der Waals surface area contributed by atoms with Crippen LogP contribution in [-0.2, 0) is 4.74 Å². The van der Waals surface area contributed by atoms with Crippen LogP contribution in [0.15, 0.2) is 6.33 Å². The number of anilines is 1. The number of fused-ring (bicyclic) bond motifs is 1. The van der Waals surface area contributed by atoms with Gasteiger partial charge in [-0.25, -0.2) is 14.8 Å². The van der Waals surface area contributed by atoms with Crippen molar-refractivity contribution in [2.24, 2.45) is 5.92 Å². The van der Waals surface area contributed by atoms with Crippen LogP contribution >= 0.6 is 11.3 Å². The lowest BCUT2D eigenvalue weighted by Gasteiger charge is -2.07. The van der Waals surface area contributed by atoms with Gasteiger partial charge < -0.3 is 10.1 Å². The molecule has 0 aliphatic heterocycles. The number of aromatic nitrogens is 2. The zero-order chi connectivity index (χ0) is 15.4. The summed E-state index contributed by atoms with van der Waals surface area (Å²) in [5.41, 5.74) is 0.892. The molecule has 5 nitrogen and oxygen atoms in total. The SMILES string of the molecule is CCCNc1ncnc2sc(C(=O)OCC(C)C)c(C)c12. The first-order chi connectivity index (χ1) is 10.0. The van der Waals surface area contributed by atoms with Crippen LogP contribution < -0.4 is 5.32 Å². The van der Waals surface area contributed by atoms with E-state index in [-0.39, 0.29) is 5.97 Å². The molecule has 0 saturated carbocycles. The lowest BCUT2D eigenvalue weighted by atomic mass is 10.2. The first-order valence-electron chi connectivity index (χ1n) is 7.19. The Balaban J connectivity index is 2.34. The van der Waals surface area contributed by atoms with E-state index in [0.717, 1.165) is 34.6 Å². The molecular weight excluding hydrogens is 286 g/mol. The van der Waals surface area contributed by atoms with Gasteiger partial charge in [-0.2, -0.15) is 0 Å². The Kier molecular flexibility index (Phi) is 5.12. The van der Waals surface area contributed by atoms with Crippen LogP contribution in [0.25, 0.3) is 10.2 Å². The highest BCUT2D eigenvalue weighted by Gasteiger charge is 2.20. The Morgan fingerprint density at radius 3 is 2.86 bits per heavy atom. The highest BCUT2D eigenvalue weighted by atomic mass is 32.1. The smallest absolute Gasteiger partial charge is 0.348 e. The molecule has 2 rings (SSSR count). The number of thiophene rings is 1. The van der Waals surface area contributed by atoms with Crippen LogP contribution in [0.4, 0.5) is 5.82 Å². The Morgan fingerprint density at radius 2 is 2.19 bits per heavy atom. The van der Waals surface area contributed by atoms with E-state index in [1.807, 2.05) is 20.8 Å². The molecule has 1 N–H and O–H groups in total. The largest absolute Gasteiger partial charge is 0.461 e. The first kappa shape index (κ1) is 15.7. The molecule has 0 bridgehead atoms. The molecule has 2 heterocycles.